The van der Waals surface area contributed by atoms with E-state index in [9.17, 15) is 4.79 Å². The summed E-state index contributed by atoms with van der Waals surface area (Å²) in [5.41, 5.74) is 5.47. The highest BCUT2D eigenvalue weighted by atomic mass is 32.1. The van der Waals surface area contributed by atoms with E-state index < -0.39 is 5.24 Å². The maximum Gasteiger partial charge on any atom is 0.273 e. The van der Waals surface area contributed by atoms with Gasteiger partial charge >= 0.3 is 0 Å². The van der Waals surface area contributed by atoms with E-state index in [1.165, 1.54) is 0 Å². The zero-order valence-corrected chi connectivity index (χ0v) is 27.1. The van der Waals surface area contributed by atoms with Gasteiger partial charge in [0.2, 0.25) is 0 Å². The number of thiophene rings is 1. The topological polar surface area (TPSA) is 83.6 Å². The third-order valence-corrected chi connectivity index (χ3v) is 8.71. The predicted octanol–water partition coefficient (Wildman–Crippen LogP) is -1.70. The summed E-state index contributed by atoms with van der Waals surface area (Å²) in [5.74, 6) is 1.28. The number of fused-ring (bicyclic) bond motifs is 3. The van der Waals surface area contributed by atoms with Crippen molar-refractivity contribution < 1.29 is 19.0 Å². The molecule has 4 aromatic rings. The molecule has 216 valence electrons. The summed E-state index contributed by atoms with van der Waals surface area (Å²) in [5, 5.41) is 13.1. The molecule has 2 aliphatic rings. The normalized spacial score (nSPS) is 18.1. The SMILES string of the molecule is BC(B)(B)O[C@@H]1CC[C@H](N(C(=O)c2nn(-c3ccsc3)c3c2COc2cc(OC)c(-c4ccn(C)n4)cc2-3)C(B)(B)B)C1. The first-order valence-corrected chi connectivity index (χ1v) is 15.8. The van der Waals surface area contributed by atoms with Crippen LogP contribution in [0.5, 0.6) is 11.5 Å². The summed E-state index contributed by atoms with van der Waals surface area (Å²) in [4.78, 5) is 16.7. The Morgan fingerprint density at radius 3 is 2.53 bits per heavy atom. The van der Waals surface area contributed by atoms with Crippen molar-refractivity contribution in [1.29, 1.82) is 0 Å². The lowest BCUT2D eigenvalue weighted by atomic mass is 9.48. The highest BCUT2D eigenvalue weighted by Gasteiger charge is 2.42. The van der Waals surface area contributed by atoms with Crippen LogP contribution in [0.15, 0.2) is 41.2 Å². The van der Waals surface area contributed by atoms with Crippen molar-refractivity contribution in [3.05, 3.63) is 52.5 Å². The number of amides is 1. The molecule has 1 amide bonds. The number of aromatic nitrogens is 4. The fraction of sp³-hybridized carbons (Fsp3) is 0.370. The number of benzene rings is 1. The third-order valence-electron chi connectivity index (χ3n) is 8.04. The smallest absolute Gasteiger partial charge is 0.273 e. The van der Waals surface area contributed by atoms with Crippen LogP contribution in [0.3, 0.4) is 0 Å². The maximum atomic E-state index is 14.7. The molecule has 4 heterocycles. The molecule has 0 unspecified atom stereocenters. The van der Waals surface area contributed by atoms with Gasteiger partial charge in [-0.15, -0.1) is 0 Å². The van der Waals surface area contributed by atoms with Gasteiger partial charge in [-0.1, -0.05) is 0 Å². The maximum absolute atomic E-state index is 14.7. The molecule has 0 saturated heterocycles. The van der Waals surface area contributed by atoms with Crippen LogP contribution >= 0.6 is 11.3 Å². The molecule has 1 aliphatic heterocycles. The molecule has 9 nitrogen and oxygen atoms in total. The Bertz CT molecular complexity index is 1660. The molecule has 1 saturated carbocycles. The Balaban J connectivity index is 1.47. The number of nitrogens with zero attached hydrogens (tertiary/aromatic N) is 5. The molecule has 16 heteroatoms. The van der Waals surface area contributed by atoms with Crippen LogP contribution in [0.2, 0.25) is 0 Å². The molecular formula is C27H35B6N5O4S. The molecular weight excluding hydrogens is 555 g/mol. The van der Waals surface area contributed by atoms with Gasteiger partial charge in [0.1, 0.15) is 65.2 Å². The second kappa shape index (κ2) is 11.0. The van der Waals surface area contributed by atoms with Crippen molar-refractivity contribution >= 4 is 64.3 Å². The van der Waals surface area contributed by atoms with E-state index >= 15 is 0 Å². The van der Waals surface area contributed by atoms with Crippen LogP contribution < -0.4 is 9.47 Å². The summed E-state index contributed by atoms with van der Waals surface area (Å²) in [6.45, 7) is 0.234. The van der Waals surface area contributed by atoms with Crippen molar-refractivity contribution in [2.75, 3.05) is 7.11 Å². The second-order valence-corrected chi connectivity index (χ2v) is 14.2. The minimum absolute atomic E-state index is 0.0543. The standard InChI is InChI=1S/C27H35B6N5O4S/c1-36-7-5-20(34-36)17-10-18-22(11-21(17)40-2)41-12-19-23(35-38(24(18)19)15-6-8-43-13-15)25(39)37(26(28,29)30)14-3-4-16(9-14)42-27(31,32)33/h5-8,10-11,13-14,16H,3-4,9,12,28-33H2,1-2H3/t14-,16+/m0/s1. The van der Waals surface area contributed by atoms with E-state index in [1.807, 2.05) is 57.9 Å². The lowest BCUT2D eigenvalue weighted by Gasteiger charge is -2.41. The van der Waals surface area contributed by atoms with Crippen LogP contribution in [0.1, 0.15) is 35.3 Å². The molecule has 1 fully saturated rings. The Morgan fingerprint density at radius 2 is 1.91 bits per heavy atom. The third kappa shape index (κ3) is 5.71. The largest absolute Gasteiger partial charge is 0.496 e. The number of methoxy groups -OCH3 is 1. The number of carbonyl (C=O) groups excluding carboxylic acids is 1. The number of hydrogen-bond donors (Lipinski definition) is 0. The van der Waals surface area contributed by atoms with E-state index in [4.69, 9.17) is 19.3 Å². The first-order valence-electron chi connectivity index (χ1n) is 14.8. The van der Waals surface area contributed by atoms with Gasteiger partial charge in [-0.3, -0.25) is 9.48 Å². The van der Waals surface area contributed by atoms with Crippen molar-refractivity contribution in [2.45, 2.75) is 48.6 Å². The Hall–Kier alpha value is -3.24. The molecule has 0 spiro atoms. The first-order chi connectivity index (χ1) is 20.3. The van der Waals surface area contributed by atoms with Gasteiger partial charge in [0.15, 0.2) is 5.69 Å². The predicted molar refractivity (Wildman–Crippen MR) is 185 cm³/mol. The minimum atomic E-state index is -0.412. The zero-order valence-electron chi connectivity index (χ0n) is 26.3. The molecule has 1 aliphatic carbocycles. The number of rotatable bonds is 8. The van der Waals surface area contributed by atoms with E-state index in [0.29, 0.717) is 17.2 Å². The van der Waals surface area contributed by atoms with Gasteiger partial charge in [-0.25, -0.2) is 4.68 Å². The van der Waals surface area contributed by atoms with E-state index in [-0.39, 0.29) is 30.0 Å². The van der Waals surface area contributed by atoms with Gasteiger partial charge in [0.05, 0.1) is 30.3 Å². The van der Waals surface area contributed by atoms with Gasteiger partial charge in [0, 0.05) is 47.4 Å². The van der Waals surface area contributed by atoms with Crippen molar-refractivity contribution in [3.63, 3.8) is 0 Å². The molecule has 0 N–H and O–H groups in total. The lowest BCUT2D eigenvalue weighted by Crippen LogP contribution is -2.58. The minimum Gasteiger partial charge on any atom is -0.496 e. The monoisotopic (exact) mass is 591 g/mol. The second-order valence-electron chi connectivity index (χ2n) is 13.4. The highest BCUT2D eigenvalue weighted by Crippen LogP contribution is 2.46. The molecule has 43 heavy (non-hydrogen) atoms. The summed E-state index contributed by atoms with van der Waals surface area (Å²) in [7, 11) is 16.1. The number of ether oxygens (including phenoxy) is 3. The Labute approximate surface area is 262 Å². The van der Waals surface area contributed by atoms with Crippen LogP contribution in [0, 0.1) is 0 Å². The fourth-order valence-corrected chi connectivity index (χ4v) is 7.05. The lowest BCUT2D eigenvalue weighted by molar-refractivity contribution is 0.0420. The molecule has 2 atom stereocenters. The van der Waals surface area contributed by atoms with Gasteiger partial charge in [-0.05, 0) is 53.4 Å². The van der Waals surface area contributed by atoms with Crippen LogP contribution in [0.4, 0.5) is 0 Å². The summed E-state index contributed by atoms with van der Waals surface area (Å²) in [6.07, 6.45) is 4.65. The molecule has 3 aromatic heterocycles. The van der Waals surface area contributed by atoms with Gasteiger partial charge in [0.25, 0.3) is 5.91 Å². The first kappa shape index (κ1) is 29.8. The summed E-state index contributed by atoms with van der Waals surface area (Å²) >= 11 is 1.59. The van der Waals surface area contributed by atoms with Crippen molar-refractivity contribution in [1.82, 2.24) is 24.5 Å². The van der Waals surface area contributed by atoms with E-state index in [0.717, 1.165) is 53.0 Å². The van der Waals surface area contributed by atoms with Crippen molar-refractivity contribution in [3.8, 4) is 39.7 Å². The molecule has 0 bridgehead atoms. The van der Waals surface area contributed by atoms with Crippen molar-refractivity contribution in [2.24, 2.45) is 7.05 Å². The highest BCUT2D eigenvalue weighted by molar-refractivity contribution is 7.08. The quantitative estimate of drug-likeness (QED) is 0.228. The molecule has 6 rings (SSSR count). The van der Waals surface area contributed by atoms with E-state index in [1.54, 1.807) is 23.1 Å². The zero-order chi connectivity index (χ0) is 30.7. The Morgan fingerprint density at radius 1 is 1.12 bits per heavy atom. The summed E-state index contributed by atoms with van der Waals surface area (Å²) < 4.78 is 22.1. The fourth-order valence-electron chi connectivity index (χ4n) is 6.43. The average Bonchev–Trinajstić information content (AvgIpc) is 3.73. The molecule has 1 aromatic carbocycles. The Kier molecular flexibility index (Phi) is 7.65. The van der Waals surface area contributed by atoms with Gasteiger partial charge in [-0.2, -0.15) is 21.5 Å². The number of aryl methyl sites for hydroxylation is 1. The molecule has 0 radical (unpaired) electrons. The average molecular weight is 591 g/mol. The van der Waals surface area contributed by atoms with E-state index in [2.05, 4.69) is 52.2 Å². The number of carbonyl (C=O) groups is 1. The summed E-state index contributed by atoms with van der Waals surface area (Å²) in [6, 6.07) is 7.99. The van der Waals surface area contributed by atoms with Gasteiger partial charge < -0.3 is 19.1 Å². The van der Waals surface area contributed by atoms with Crippen LogP contribution in [-0.4, -0.2) is 107 Å². The van der Waals surface area contributed by atoms with Crippen LogP contribution in [-0.2, 0) is 18.4 Å². The van der Waals surface area contributed by atoms with Crippen LogP contribution in [0.25, 0.3) is 28.2 Å². The number of hydrogen-bond acceptors (Lipinski definition) is 7.